The topological polar surface area (TPSA) is 35.5 Å². The highest BCUT2D eigenvalue weighted by atomic mass is 79.9. The van der Waals surface area contributed by atoms with Crippen LogP contribution in [0.1, 0.15) is 32.3 Å². The van der Waals surface area contributed by atoms with Gasteiger partial charge in [0.1, 0.15) is 24.6 Å². The van der Waals surface area contributed by atoms with Crippen LogP contribution in [0, 0.1) is 0 Å². The van der Waals surface area contributed by atoms with Gasteiger partial charge in [-0.1, -0.05) is 46.3 Å². The number of halogens is 1. The molecule has 0 spiro atoms. The zero-order valence-electron chi connectivity index (χ0n) is 16.6. The summed E-state index contributed by atoms with van der Waals surface area (Å²) in [5.41, 5.74) is 2.00. The molecule has 0 fully saturated rings. The lowest BCUT2D eigenvalue weighted by Crippen LogP contribution is -2.56. The molecule has 2 unspecified atom stereocenters. The van der Waals surface area contributed by atoms with Gasteiger partial charge in [-0.15, -0.1) is 0 Å². The number of ether oxygens (including phenoxy) is 2. The Morgan fingerprint density at radius 3 is 2.54 bits per heavy atom. The van der Waals surface area contributed by atoms with Crippen LogP contribution in [0.3, 0.4) is 0 Å². The molecule has 28 heavy (non-hydrogen) atoms. The van der Waals surface area contributed by atoms with Crippen molar-refractivity contribution in [2.45, 2.75) is 37.6 Å². The number of nitrogens with zero attached hydrogens (tertiary/aromatic N) is 1. The molecule has 2 atom stereocenters. The molecule has 2 aromatic rings. The second kappa shape index (κ2) is 9.44. The van der Waals surface area contributed by atoms with E-state index in [0.717, 1.165) is 27.2 Å². The smallest absolute Gasteiger partial charge is 0.338 e. The number of rotatable bonds is 8. The van der Waals surface area contributed by atoms with Gasteiger partial charge in [0.05, 0.1) is 24.0 Å². The maximum absolute atomic E-state index is 13.7. The quantitative estimate of drug-likeness (QED) is 0.222. The standard InChI is InChI=1S/C22H27BrNO3S/c1-16(2)24(22(25)17(3)18-8-4-7-11-21(18)28-24)19-9-5-6-10-20(19)27-15-14-26-13-12-23/h4-11,16-17H,12-15H2,1-3H3/q+1. The van der Waals surface area contributed by atoms with E-state index in [1.54, 1.807) is 11.9 Å². The SMILES string of the molecule is CC1C(=O)[N+](c2ccccc2OCCOCCBr)(C(C)C)Sc2ccccc21. The van der Waals surface area contributed by atoms with E-state index in [0.29, 0.717) is 19.8 Å². The summed E-state index contributed by atoms with van der Waals surface area (Å²) in [7, 11) is 0. The molecule has 0 bridgehead atoms. The number of carbonyl (C=O) groups is 1. The van der Waals surface area contributed by atoms with Gasteiger partial charge in [0.25, 0.3) is 0 Å². The maximum Gasteiger partial charge on any atom is 0.338 e. The van der Waals surface area contributed by atoms with Crippen molar-refractivity contribution in [1.82, 2.24) is 3.89 Å². The zero-order chi connectivity index (χ0) is 20.1. The Morgan fingerprint density at radius 1 is 1.07 bits per heavy atom. The lowest BCUT2D eigenvalue weighted by Gasteiger charge is -2.42. The molecular formula is C22H27BrNO3S+. The zero-order valence-corrected chi connectivity index (χ0v) is 19.0. The van der Waals surface area contributed by atoms with Gasteiger partial charge < -0.3 is 9.47 Å². The lowest BCUT2D eigenvalue weighted by atomic mass is 9.98. The first-order valence-electron chi connectivity index (χ1n) is 9.60. The van der Waals surface area contributed by atoms with E-state index >= 15 is 0 Å². The third-order valence-corrected chi connectivity index (χ3v) is 6.96. The summed E-state index contributed by atoms with van der Waals surface area (Å²) in [6.07, 6.45) is 0. The van der Waals surface area contributed by atoms with Crippen molar-refractivity contribution in [2.75, 3.05) is 25.2 Å². The number of carbonyl (C=O) groups excluding carboxylic acids is 1. The van der Waals surface area contributed by atoms with Crippen LogP contribution in [0.2, 0.25) is 0 Å². The van der Waals surface area contributed by atoms with Gasteiger partial charge in [-0.2, -0.15) is 3.89 Å². The van der Waals surface area contributed by atoms with Crippen LogP contribution in [-0.2, 0) is 9.53 Å². The fourth-order valence-corrected chi connectivity index (χ4v) is 5.31. The first kappa shape index (κ1) is 21.4. The summed E-state index contributed by atoms with van der Waals surface area (Å²) in [4.78, 5) is 14.8. The van der Waals surface area contributed by atoms with Crippen LogP contribution in [-0.4, -0.2) is 37.1 Å². The molecule has 4 nitrogen and oxygen atoms in total. The van der Waals surface area contributed by atoms with Crippen LogP contribution >= 0.6 is 27.9 Å². The van der Waals surface area contributed by atoms with Crippen molar-refractivity contribution in [2.24, 2.45) is 0 Å². The number of benzene rings is 2. The molecule has 0 aromatic heterocycles. The fraction of sp³-hybridized carbons (Fsp3) is 0.409. The van der Waals surface area contributed by atoms with Gasteiger partial charge >= 0.3 is 5.91 Å². The molecule has 3 rings (SSSR count). The largest absolute Gasteiger partial charge is 0.485 e. The summed E-state index contributed by atoms with van der Waals surface area (Å²) in [6, 6.07) is 16.1. The van der Waals surface area contributed by atoms with E-state index < -0.39 is 0 Å². The second-order valence-corrected chi connectivity index (χ2v) is 9.05. The average molecular weight is 465 g/mol. The Bertz CT molecular complexity index is 829. The molecule has 1 aliphatic rings. The Balaban J connectivity index is 1.98. The molecule has 1 aliphatic heterocycles. The van der Waals surface area contributed by atoms with E-state index in [1.165, 1.54) is 0 Å². The van der Waals surface area contributed by atoms with Crippen LogP contribution in [0.25, 0.3) is 0 Å². The van der Waals surface area contributed by atoms with E-state index in [1.807, 2.05) is 43.3 Å². The van der Waals surface area contributed by atoms with Gasteiger partial charge in [-0.3, -0.25) is 0 Å². The van der Waals surface area contributed by atoms with Crippen molar-refractivity contribution in [3.63, 3.8) is 0 Å². The number of alkyl halides is 1. The van der Waals surface area contributed by atoms with Crippen LogP contribution in [0.15, 0.2) is 53.4 Å². The molecule has 0 N–H and O–H groups in total. The predicted octanol–water partition coefficient (Wildman–Crippen LogP) is 5.54. The van der Waals surface area contributed by atoms with Gasteiger partial charge in [0.15, 0.2) is 11.4 Å². The molecule has 150 valence electrons. The molecular weight excluding hydrogens is 438 g/mol. The number of hydrogen-bond donors (Lipinski definition) is 0. The van der Waals surface area contributed by atoms with Crippen molar-refractivity contribution >= 4 is 39.5 Å². The van der Waals surface area contributed by atoms with Crippen molar-refractivity contribution < 1.29 is 14.3 Å². The Labute approximate surface area is 180 Å². The highest BCUT2D eigenvalue weighted by Gasteiger charge is 2.52. The van der Waals surface area contributed by atoms with Crippen molar-refractivity contribution in [1.29, 1.82) is 0 Å². The first-order valence-corrected chi connectivity index (χ1v) is 11.5. The van der Waals surface area contributed by atoms with Gasteiger partial charge in [0, 0.05) is 11.4 Å². The summed E-state index contributed by atoms with van der Waals surface area (Å²) in [5, 5.41) is 0.805. The van der Waals surface area contributed by atoms with Gasteiger partial charge in [-0.05, 0) is 38.5 Å². The highest BCUT2D eigenvalue weighted by Crippen LogP contribution is 2.51. The van der Waals surface area contributed by atoms with Crippen LogP contribution < -0.4 is 8.63 Å². The number of hydrogen-bond acceptors (Lipinski definition) is 4. The number of quaternary nitrogens is 1. The maximum atomic E-state index is 13.7. The molecule has 0 aliphatic carbocycles. The third-order valence-electron chi connectivity index (χ3n) is 4.98. The van der Waals surface area contributed by atoms with Crippen molar-refractivity contribution in [3.8, 4) is 5.75 Å². The summed E-state index contributed by atoms with van der Waals surface area (Å²) in [6.45, 7) is 7.82. The molecule has 0 saturated carbocycles. The average Bonchev–Trinajstić information content (AvgIpc) is 2.71. The minimum atomic E-state index is -0.171. The molecule has 1 heterocycles. The van der Waals surface area contributed by atoms with Crippen LogP contribution in [0.4, 0.5) is 5.69 Å². The number of amides is 1. The molecule has 0 saturated heterocycles. The predicted molar refractivity (Wildman–Crippen MR) is 119 cm³/mol. The van der Waals surface area contributed by atoms with E-state index in [2.05, 4.69) is 41.9 Å². The number of fused-ring (bicyclic) bond motifs is 1. The third kappa shape index (κ3) is 4.01. The first-order chi connectivity index (χ1) is 13.5. The van der Waals surface area contributed by atoms with Gasteiger partial charge in [-0.25, -0.2) is 4.79 Å². The second-order valence-electron chi connectivity index (χ2n) is 7.06. The Morgan fingerprint density at radius 2 is 1.79 bits per heavy atom. The molecule has 0 radical (unpaired) electrons. The molecule has 1 amide bonds. The fourth-order valence-electron chi connectivity index (χ4n) is 3.57. The van der Waals surface area contributed by atoms with Crippen molar-refractivity contribution in [3.05, 3.63) is 54.1 Å². The molecule has 2 aromatic carbocycles. The van der Waals surface area contributed by atoms with E-state index in [9.17, 15) is 4.79 Å². The Hall–Kier alpha value is -1.34. The Kier molecular flexibility index (Phi) is 7.20. The highest BCUT2D eigenvalue weighted by molar-refractivity contribution is 9.09. The lowest BCUT2D eigenvalue weighted by molar-refractivity contribution is -0.128. The minimum absolute atomic E-state index is 0.0581. The van der Waals surface area contributed by atoms with E-state index in [4.69, 9.17) is 9.47 Å². The molecule has 6 heteroatoms. The van der Waals surface area contributed by atoms with Crippen LogP contribution in [0.5, 0.6) is 5.75 Å². The van der Waals surface area contributed by atoms with Gasteiger partial charge in [0.2, 0.25) is 0 Å². The number of para-hydroxylation sites is 2. The minimum Gasteiger partial charge on any atom is -0.485 e. The monoisotopic (exact) mass is 464 g/mol. The van der Waals surface area contributed by atoms with E-state index in [-0.39, 0.29) is 21.8 Å². The summed E-state index contributed by atoms with van der Waals surface area (Å²) in [5.74, 6) is 0.756. The summed E-state index contributed by atoms with van der Waals surface area (Å²) >= 11 is 4.96. The summed E-state index contributed by atoms with van der Waals surface area (Å²) < 4.78 is 11.8. The normalized spacial score (nSPS) is 21.6.